The van der Waals surface area contributed by atoms with Crippen LogP contribution in [0.15, 0.2) is 47.4 Å². The van der Waals surface area contributed by atoms with Gasteiger partial charge < -0.3 is 10.1 Å². The summed E-state index contributed by atoms with van der Waals surface area (Å²) in [6, 6.07) is 9.67. The monoisotopic (exact) mass is 406 g/mol. The molecule has 0 aromatic heterocycles. The highest BCUT2D eigenvalue weighted by Gasteiger charge is 2.24. The average molecular weight is 406 g/mol. The van der Waals surface area contributed by atoms with Crippen LogP contribution in [0.25, 0.3) is 0 Å². The minimum atomic E-state index is -4.16. The first-order chi connectivity index (χ1) is 13.4. The van der Waals surface area contributed by atoms with Gasteiger partial charge in [-0.15, -0.1) is 0 Å². The molecule has 28 heavy (non-hydrogen) atoms. The van der Waals surface area contributed by atoms with Gasteiger partial charge in [-0.25, -0.2) is 12.8 Å². The fourth-order valence-corrected chi connectivity index (χ4v) is 4.60. The molecule has 0 heterocycles. The standard InChI is InChI=1S/C20H23FN2O4S/c1-27-18-12-11-14(21)13-19(18)28(25,26)23-17-10-6-5-9-16(17)20(24)22-15-7-3-2-4-8-15/h5-6,9-13,15,23H,2-4,7-8H2,1H3,(H,22,24). The normalized spacial score (nSPS) is 15.1. The summed E-state index contributed by atoms with van der Waals surface area (Å²) in [5.41, 5.74) is 0.342. The molecule has 3 rings (SSSR count). The molecular weight excluding hydrogens is 383 g/mol. The Morgan fingerprint density at radius 3 is 2.54 bits per heavy atom. The summed E-state index contributed by atoms with van der Waals surface area (Å²) in [7, 11) is -2.86. The van der Waals surface area contributed by atoms with Crippen LogP contribution in [0.3, 0.4) is 0 Å². The predicted octanol–water partition coefficient (Wildman–Crippen LogP) is 3.70. The van der Waals surface area contributed by atoms with Crippen LogP contribution >= 0.6 is 0 Å². The molecule has 1 aliphatic carbocycles. The number of rotatable bonds is 6. The van der Waals surface area contributed by atoms with Gasteiger partial charge in [0, 0.05) is 6.04 Å². The van der Waals surface area contributed by atoms with E-state index in [1.165, 1.54) is 19.2 Å². The van der Waals surface area contributed by atoms with Crippen molar-refractivity contribution < 1.29 is 22.3 Å². The van der Waals surface area contributed by atoms with Gasteiger partial charge in [0.25, 0.3) is 15.9 Å². The van der Waals surface area contributed by atoms with Gasteiger partial charge >= 0.3 is 0 Å². The first-order valence-electron chi connectivity index (χ1n) is 9.17. The molecule has 1 aliphatic rings. The van der Waals surface area contributed by atoms with E-state index < -0.39 is 15.8 Å². The Hall–Kier alpha value is -2.61. The SMILES string of the molecule is COc1ccc(F)cc1S(=O)(=O)Nc1ccccc1C(=O)NC1CCCCC1. The summed E-state index contributed by atoms with van der Waals surface area (Å²) in [5.74, 6) is -1.03. The van der Waals surface area contributed by atoms with Crippen LogP contribution in [0.4, 0.5) is 10.1 Å². The molecule has 8 heteroatoms. The lowest BCUT2D eigenvalue weighted by Gasteiger charge is -2.23. The Morgan fingerprint density at radius 1 is 1.11 bits per heavy atom. The lowest BCUT2D eigenvalue weighted by Crippen LogP contribution is -2.36. The summed E-state index contributed by atoms with van der Waals surface area (Å²) in [6.45, 7) is 0. The number of amides is 1. The Balaban J connectivity index is 1.86. The molecule has 0 unspecified atom stereocenters. The smallest absolute Gasteiger partial charge is 0.265 e. The summed E-state index contributed by atoms with van der Waals surface area (Å²) < 4.78 is 46.7. The van der Waals surface area contributed by atoms with E-state index in [-0.39, 0.29) is 33.8 Å². The second-order valence-electron chi connectivity index (χ2n) is 6.75. The van der Waals surface area contributed by atoms with Crippen molar-refractivity contribution in [2.24, 2.45) is 0 Å². The van der Waals surface area contributed by atoms with Gasteiger partial charge in [0.05, 0.1) is 18.4 Å². The first-order valence-corrected chi connectivity index (χ1v) is 10.7. The molecule has 2 N–H and O–H groups in total. The number of hydrogen-bond acceptors (Lipinski definition) is 4. The second-order valence-corrected chi connectivity index (χ2v) is 8.41. The average Bonchev–Trinajstić information content (AvgIpc) is 2.69. The minimum absolute atomic E-state index is 0.0121. The number of methoxy groups -OCH3 is 1. The molecule has 0 bridgehead atoms. The Bertz CT molecular complexity index is 956. The maximum absolute atomic E-state index is 13.6. The van der Waals surface area contributed by atoms with Crippen LogP contribution in [0, 0.1) is 5.82 Å². The Labute approximate surface area is 164 Å². The molecule has 2 aromatic carbocycles. The summed E-state index contributed by atoms with van der Waals surface area (Å²) in [5, 5.41) is 2.97. The van der Waals surface area contributed by atoms with Gasteiger partial charge in [0.15, 0.2) is 0 Å². The van der Waals surface area contributed by atoms with E-state index in [1.54, 1.807) is 18.2 Å². The van der Waals surface area contributed by atoms with Gasteiger partial charge in [0.2, 0.25) is 0 Å². The van der Waals surface area contributed by atoms with E-state index in [0.717, 1.165) is 44.2 Å². The van der Waals surface area contributed by atoms with Gasteiger partial charge in [-0.2, -0.15) is 0 Å². The van der Waals surface area contributed by atoms with Crippen molar-refractivity contribution in [2.75, 3.05) is 11.8 Å². The fourth-order valence-electron chi connectivity index (χ4n) is 3.34. The highest BCUT2D eigenvalue weighted by atomic mass is 32.2. The summed E-state index contributed by atoms with van der Waals surface area (Å²) in [4.78, 5) is 12.4. The van der Waals surface area contributed by atoms with E-state index >= 15 is 0 Å². The molecule has 1 fully saturated rings. The minimum Gasteiger partial charge on any atom is -0.495 e. The number of hydrogen-bond donors (Lipinski definition) is 2. The zero-order chi connectivity index (χ0) is 20.1. The zero-order valence-electron chi connectivity index (χ0n) is 15.6. The third kappa shape index (κ3) is 4.62. The molecule has 1 saturated carbocycles. The van der Waals surface area contributed by atoms with Crippen LogP contribution in [0.1, 0.15) is 42.5 Å². The molecule has 150 valence electrons. The topological polar surface area (TPSA) is 84.5 Å². The van der Waals surface area contributed by atoms with Gasteiger partial charge in [-0.1, -0.05) is 31.4 Å². The predicted molar refractivity (Wildman–Crippen MR) is 105 cm³/mol. The second kappa shape index (κ2) is 8.60. The maximum atomic E-state index is 13.6. The third-order valence-electron chi connectivity index (χ3n) is 4.77. The van der Waals surface area contributed by atoms with Crippen LogP contribution in [0.5, 0.6) is 5.75 Å². The van der Waals surface area contributed by atoms with Crippen molar-refractivity contribution in [2.45, 2.75) is 43.0 Å². The number of nitrogens with one attached hydrogen (secondary N) is 2. The number of benzene rings is 2. The maximum Gasteiger partial charge on any atom is 0.265 e. The van der Waals surface area contributed by atoms with Crippen molar-refractivity contribution in [3.63, 3.8) is 0 Å². The number of sulfonamides is 1. The van der Waals surface area contributed by atoms with Gasteiger partial charge in [-0.05, 0) is 43.2 Å². The fraction of sp³-hybridized carbons (Fsp3) is 0.350. The van der Waals surface area contributed by atoms with Crippen molar-refractivity contribution in [1.29, 1.82) is 0 Å². The van der Waals surface area contributed by atoms with Crippen LogP contribution in [-0.2, 0) is 10.0 Å². The number of para-hydroxylation sites is 1. The molecule has 0 atom stereocenters. The van der Waals surface area contributed by atoms with E-state index in [1.807, 2.05) is 0 Å². The molecule has 6 nitrogen and oxygen atoms in total. The Kier molecular flexibility index (Phi) is 6.18. The molecule has 0 aliphatic heterocycles. The first kappa shape index (κ1) is 20.1. The van der Waals surface area contributed by atoms with E-state index in [4.69, 9.17) is 4.74 Å². The summed E-state index contributed by atoms with van der Waals surface area (Å²) in [6.07, 6.45) is 5.13. The van der Waals surface area contributed by atoms with Gasteiger partial charge in [-0.3, -0.25) is 9.52 Å². The molecule has 1 amide bonds. The highest BCUT2D eigenvalue weighted by Crippen LogP contribution is 2.28. The van der Waals surface area contributed by atoms with Crippen molar-refractivity contribution in [3.05, 3.63) is 53.8 Å². The number of carbonyl (C=O) groups is 1. The molecule has 0 saturated heterocycles. The number of ether oxygens (including phenoxy) is 1. The van der Waals surface area contributed by atoms with E-state index in [0.29, 0.717) is 0 Å². The van der Waals surface area contributed by atoms with E-state index in [9.17, 15) is 17.6 Å². The lowest BCUT2D eigenvalue weighted by molar-refractivity contribution is 0.0928. The highest BCUT2D eigenvalue weighted by molar-refractivity contribution is 7.92. The van der Waals surface area contributed by atoms with Crippen molar-refractivity contribution >= 4 is 21.6 Å². The van der Waals surface area contributed by atoms with Gasteiger partial charge in [0.1, 0.15) is 16.5 Å². The quantitative estimate of drug-likeness (QED) is 0.766. The summed E-state index contributed by atoms with van der Waals surface area (Å²) >= 11 is 0. The lowest BCUT2D eigenvalue weighted by atomic mass is 9.95. The third-order valence-corrected chi connectivity index (χ3v) is 6.16. The molecule has 2 aromatic rings. The Morgan fingerprint density at radius 2 is 1.82 bits per heavy atom. The van der Waals surface area contributed by atoms with Crippen molar-refractivity contribution in [1.82, 2.24) is 5.32 Å². The van der Waals surface area contributed by atoms with E-state index in [2.05, 4.69) is 10.0 Å². The van der Waals surface area contributed by atoms with Crippen molar-refractivity contribution in [3.8, 4) is 5.75 Å². The molecule has 0 radical (unpaired) electrons. The van der Waals surface area contributed by atoms with Crippen LogP contribution < -0.4 is 14.8 Å². The van der Waals surface area contributed by atoms with Crippen LogP contribution in [-0.4, -0.2) is 27.5 Å². The largest absolute Gasteiger partial charge is 0.495 e. The zero-order valence-corrected chi connectivity index (χ0v) is 16.4. The number of anilines is 1. The number of halogens is 1. The number of carbonyl (C=O) groups excluding carboxylic acids is 1. The van der Waals surface area contributed by atoms with Crippen LogP contribution in [0.2, 0.25) is 0 Å². The molecular formula is C20H23FN2O4S. The molecule has 0 spiro atoms.